The number of nitrogens with zero attached hydrogens (tertiary/aromatic N) is 2. The Labute approximate surface area is 160 Å². The number of para-hydroxylation sites is 2. The fourth-order valence-electron chi connectivity index (χ4n) is 2.81. The summed E-state index contributed by atoms with van der Waals surface area (Å²) in [6.45, 7) is 1.48. The number of esters is 1. The Morgan fingerprint density at radius 3 is 2.59 bits per heavy atom. The molecule has 0 fully saturated rings. The van der Waals surface area contributed by atoms with E-state index in [1.54, 1.807) is 11.8 Å². The predicted molar refractivity (Wildman–Crippen MR) is 103 cm³/mol. The minimum atomic E-state index is -0.957. The Kier molecular flexibility index (Phi) is 5.91. The van der Waals surface area contributed by atoms with Crippen LogP contribution in [0.4, 0.5) is 4.39 Å². The van der Waals surface area contributed by atoms with E-state index in [1.807, 2.05) is 35.1 Å². The smallest absolute Gasteiger partial charge is 0.326 e. The zero-order valence-electron chi connectivity index (χ0n) is 15.0. The summed E-state index contributed by atoms with van der Waals surface area (Å²) >= 11 is 1.61. The van der Waals surface area contributed by atoms with Gasteiger partial charge in [0, 0.05) is 5.56 Å². The van der Waals surface area contributed by atoms with E-state index in [0.29, 0.717) is 11.3 Å². The number of hydrogen-bond donors (Lipinski definition) is 0. The maximum Gasteiger partial charge on any atom is 0.326 e. The van der Waals surface area contributed by atoms with Crippen molar-refractivity contribution >= 4 is 34.5 Å². The van der Waals surface area contributed by atoms with Gasteiger partial charge < -0.3 is 9.30 Å². The van der Waals surface area contributed by atoms with Crippen molar-refractivity contribution in [1.29, 1.82) is 0 Å². The van der Waals surface area contributed by atoms with Gasteiger partial charge in [0.2, 0.25) is 5.78 Å². The molecule has 0 unspecified atom stereocenters. The van der Waals surface area contributed by atoms with E-state index in [-0.39, 0.29) is 12.3 Å². The van der Waals surface area contributed by atoms with Gasteiger partial charge >= 0.3 is 5.97 Å². The minimum absolute atomic E-state index is 0.0303. The number of thioether (sulfide) groups is 1. The number of halogens is 1. The molecule has 140 valence electrons. The number of fused-ring (bicyclic) bond motifs is 1. The normalized spacial score (nSPS) is 12.1. The quantitative estimate of drug-likeness (QED) is 0.456. The molecular weight excluding hydrogens is 367 g/mol. The van der Waals surface area contributed by atoms with Gasteiger partial charge in [-0.3, -0.25) is 9.59 Å². The van der Waals surface area contributed by atoms with Gasteiger partial charge in [0.15, 0.2) is 6.10 Å². The number of Topliss-reactive ketones (excluding diaryl/α,β-unsaturated/α-hetero) is 1. The van der Waals surface area contributed by atoms with E-state index in [9.17, 15) is 14.0 Å². The number of imidazole rings is 1. The van der Waals surface area contributed by atoms with Gasteiger partial charge in [-0.1, -0.05) is 12.1 Å². The van der Waals surface area contributed by atoms with Crippen LogP contribution in [0, 0.1) is 5.82 Å². The van der Waals surface area contributed by atoms with Crippen molar-refractivity contribution in [3.8, 4) is 0 Å². The lowest BCUT2D eigenvalue weighted by atomic mass is 10.1. The topological polar surface area (TPSA) is 61.2 Å². The van der Waals surface area contributed by atoms with Crippen molar-refractivity contribution in [3.63, 3.8) is 0 Å². The van der Waals surface area contributed by atoms with Gasteiger partial charge in [-0.15, -0.1) is 0 Å². The Morgan fingerprint density at radius 1 is 1.19 bits per heavy atom. The van der Waals surface area contributed by atoms with Crippen LogP contribution < -0.4 is 0 Å². The average molecular weight is 386 g/mol. The van der Waals surface area contributed by atoms with Gasteiger partial charge in [0.25, 0.3) is 0 Å². The number of benzene rings is 2. The summed E-state index contributed by atoms with van der Waals surface area (Å²) in [5, 5.41) is 0. The summed E-state index contributed by atoms with van der Waals surface area (Å²) in [5.41, 5.74) is 1.95. The summed E-state index contributed by atoms with van der Waals surface area (Å²) in [6, 6.07) is 12.7. The van der Waals surface area contributed by atoms with Crippen molar-refractivity contribution in [3.05, 3.63) is 65.7 Å². The van der Waals surface area contributed by atoms with Gasteiger partial charge in [0.1, 0.15) is 18.2 Å². The summed E-state index contributed by atoms with van der Waals surface area (Å²) in [5.74, 6) is 0.112. The van der Waals surface area contributed by atoms with Crippen LogP contribution in [0.3, 0.4) is 0 Å². The average Bonchev–Trinajstić information content (AvgIpc) is 2.99. The summed E-state index contributed by atoms with van der Waals surface area (Å²) < 4.78 is 20.1. The molecule has 2 aromatic carbocycles. The SMILES string of the molecule is CSCc1nc2ccccc2n1CC(=O)O[C@@H](C)C(=O)c1ccc(F)cc1. The van der Waals surface area contributed by atoms with Gasteiger partial charge in [-0.25, -0.2) is 9.37 Å². The molecule has 5 nitrogen and oxygen atoms in total. The molecule has 0 spiro atoms. The Bertz CT molecular complexity index is 969. The molecule has 7 heteroatoms. The number of ether oxygens (including phenoxy) is 1. The van der Waals surface area contributed by atoms with Crippen molar-refractivity contribution in [2.24, 2.45) is 0 Å². The highest BCUT2D eigenvalue weighted by atomic mass is 32.2. The van der Waals surface area contributed by atoms with E-state index in [4.69, 9.17) is 4.74 Å². The Morgan fingerprint density at radius 2 is 1.89 bits per heavy atom. The van der Waals surface area contributed by atoms with E-state index in [2.05, 4.69) is 4.98 Å². The van der Waals surface area contributed by atoms with Gasteiger partial charge in [-0.2, -0.15) is 11.8 Å². The largest absolute Gasteiger partial charge is 0.453 e. The first kappa shape index (κ1) is 19.1. The first-order valence-electron chi connectivity index (χ1n) is 8.42. The molecule has 0 amide bonds. The number of hydrogen-bond acceptors (Lipinski definition) is 5. The highest BCUT2D eigenvalue weighted by Crippen LogP contribution is 2.19. The van der Waals surface area contributed by atoms with Crippen LogP contribution in [0.2, 0.25) is 0 Å². The second-order valence-electron chi connectivity index (χ2n) is 6.04. The molecule has 0 radical (unpaired) electrons. The minimum Gasteiger partial charge on any atom is -0.453 e. The maximum atomic E-state index is 13.0. The van der Waals surface area contributed by atoms with Crippen molar-refractivity contribution in [2.45, 2.75) is 25.3 Å². The van der Waals surface area contributed by atoms with Crippen molar-refractivity contribution in [2.75, 3.05) is 6.26 Å². The number of rotatable bonds is 7. The standard InChI is InChI=1S/C20H19FN2O3S/c1-13(20(25)14-7-9-15(21)10-8-14)26-19(24)11-23-17-6-4-3-5-16(17)22-18(23)12-27-2/h3-10,13H,11-12H2,1-2H3/t13-/m0/s1. The highest BCUT2D eigenvalue weighted by molar-refractivity contribution is 7.97. The van der Waals surface area contributed by atoms with Crippen LogP contribution in [-0.4, -0.2) is 33.7 Å². The fourth-order valence-corrected chi connectivity index (χ4v) is 3.29. The summed E-state index contributed by atoms with van der Waals surface area (Å²) in [4.78, 5) is 29.3. The molecule has 1 heterocycles. The number of carbonyl (C=O) groups excluding carboxylic acids is 2. The molecule has 0 aliphatic rings. The third-order valence-electron chi connectivity index (χ3n) is 4.10. The van der Waals surface area contributed by atoms with E-state index in [0.717, 1.165) is 16.9 Å². The first-order chi connectivity index (χ1) is 13.0. The molecule has 0 N–H and O–H groups in total. The molecule has 1 aromatic heterocycles. The van der Waals surface area contributed by atoms with Crippen LogP contribution >= 0.6 is 11.8 Å². The van der Waals surface area contributed by atoms with Crippen LogP contribution in [-0.2, 0) is 21.8 Å². The maximum absolute atomic E-state index is 13.0. The van der Waals surface area contributed by atoms with Gasteiger partial charge in [0.05, 0.1) is 16.8 Å². The molecule has 3 rings (SSSR count). The highest BCUT2D eigenvalue weighted by Gasteiger charge is 2.21. The molecular formula is C20H19FN2O3S. The summed E-state index contributed by atoms with van der Waals surface area (Å²) in [7, 11) is 0. The first-order valence-corrected chi connectivity index (χ1v) is 9.81. The lowest BCUT2D eigenvalue weighted by Gasteiger charge is -2.14. The van der Waals surface area contributed by atoms with Crippen LogP contribution in [0.1, 0.15) is 23.1 Å². The Hall–Kier alpha value is -2.67. The lowest BCUT2D eigenvalue weighted by Crippen LogP contribution is -2.27. The van der Waals surface area contributed by atoms with E-state index in [1.165, 1.54) is 31.2 Å². The molecule has 0 aliphatic carbocycles. The van der Waals surface area contributed by atoms with E-state index >= 15 is 0 Å². The fraction of sp³-hybridized carbons (Fsp3) is 0.250. The molecule has 27 heavy (non-hydrogen) atoms. The van der Waals surface area contributed by atoms with Crippen LogP contribution in [0.25, 0.3) is 11.0 Å². The van der Waals surface area contributed by atoms with Crippen molar-refractivity contribution in [1.82, 2.24) is 9.55 Å². The predicted octanol–water partition coefficient (Wildman–Crippen LogP) is 3.85. The second kappa shape index (κ2) is 8.35. The number of ketones is 1. The Balaban J connectivity index is 1.73. The number of aromatic nitrogens is 2. The molecule has 0 bridgehead atoms. The zero-order chi connectivity index (χ0) is 19.4. The molecule has 0 saturated carbocycles. The van der Waals surface area contributed by atoms with E-state index < -0.39 is 17.9 Å². The van der Waals surface area contributed by atoms with Gasteiger partial charge in [-0.05, 0) is 49.6 Å². The lowest BCUT2D eigenvalue weighted by molar-refractivity contribution is -0.147. The van der Waals surface area contributed by atoms with Crippen LogP contribution in [0.5, 0.6) is 0 Å². The molecule has 1 atom stereocenters. The zero-order valence-corrected chi connectivity index (χ0v) is 15.8. The third kappa shape index (κ3) is 4.36. The monoisotopic (exact) mass is 386 g/mol. The molecule has 0 aliphatic heterocycles. The number of carbonyl (C=O) groups is 2. The van der Waals surface area contributed by atoms with Crippen molar-refractivity contribution < 1.29 is 18.7 Å². The summed E-state index contributed by atoms with van der Waals surface area (Å²) in [6.07, 6.45) is 1.01. The molecule has 0 saturated heterocycles. The molecule has 3 aromatic rings. The van der Waals surface area contributed by atoms with Crippen LogP contribution in [0.15, 0.2) is 48.5 Å². The second-order valence-corrected chi connectivity index (χ2v) is 6.91. The third-order valence-corrected chi connectivity index (χ3v) is 4.65.